The maximum absolute atomic E-state index is 5.85. The van der Waals surface area contributed by atoms with E-state index in [-0.39, 0.29) is 0 Å². The van der Waals surface area contributed by atoms with Crippen LogP contribution in [-0.4, -0.2) is 46.2 Å². The first-order valence-electron chi connectivity index (χ1n) is 11.5. The molecule has 34 heavy (non-hydrogen) atoms. The molecule has 0 spiro atoms. The molecule has 0 aliphatic carbocycles. The minimum atomic E-state index is 0.447. The van der Waals surface area contributed by atoms with E-state index in [1.54, 1.807) is 0 Å². The largest absolute Gasteiger partial charge is 0.502 e. The third-order valence-electron chi connectivity index (χ3n) is 4.76. The molecule has 0 heterocycles. The van der Waals surface area contributed by atoms with Gasteiger partial charge in [-0.05, 0) is 41.5 Å². The summed E-state index contributed by atoms with van der Waals surface area (Å²) >= 11 is 0. The van der Waals surface area contributed by atoms with E-state index >= 15 is 0 Å². The van der Waals surface area contributed by atoms with E-state index in [0.717, 1.165) is 36.0 Å². The Kier molecular flexibility index (Phi) is 18.0. The fourth-order valence-electron chi connectivity index (χ4n) is 3.13. The third-order valence-corrected chi connectivity index (χ3v) is 4.76. The summed E-state index contributed by atoms with van der Waals surface area (Å²) in [6.07, 6.45) is 8.56. The van der Waals surface area contributed by atoms with Crippen molar-refractivity contribution in [2.45, 2.75) is 39.1 Å². The SMILES string of the molecule is C=COCCCCc1cc(COCCOC=C)c(COCCOC=C)cc1COCCOC=C. The Hall–Kier alpha value is -2.74. The number of hydrogen-bond acceptors (Lipinski definition) is 7. The fraction of sp³-hybridized carbons (Fsp3) is 0.481. The molecule has 0 saturated heterocycles. The van der Waals surface area contributed by atoms with Crippen molar-refractivity contribution >= 4 is 0 Å². The smallest absolute Gasteiger partial charge is 0.111 e. The molecule has 1 rings (SSSR count). The number of rotatable bonds is 24. The van der Waals surface area contributed by atoms with Crippen LogP contribution in [0.25, 0.3) is 0 Å². The van der Waals surface area contributed by atoms with Gasteiger partial charge in [0, 0.05) is 0 Å². The summed E-state index contributed by atoms with van der Waals surface area (Å²) in [5, 5.41) is 0. The topological polar surface area (TPSA) is 64.6 Å². The lowest BCUT2D eigenvalue weighted by molar-refractivity contribution is 0.0645. The van der Waals surface area contributed by atoms with Gasteiger partial charge in [0.2, 0.25) is 0 Å². The molecular formula is C27H40O7. The van der Waals surface area contributed by atoms with Gasteiger partial charge in [-0.15, -0.1) is 0 Å². The lowest BCUT2D eigenvalue weighted by atomic mass is 9.95. The van der Waals surface area contributed by atoms with Crippen LogP contribution in [0.3, 0.4) is 0 Å². The number of ether oxygens (including phenoxy) is 7. The van der Waals surface area contributed by atoms with Gasteiger partial charge < -0.3 is 33.2 Å². The molecule has 0 aromatic heterocycles. The summed E-state index contributed by atoms with van der Waals surface area (Å²) in [5.74, 6) is 0. The Balaban J connectivity index is 2.93. The highest BCUT2D eigenvalue weighted by molar-refractivity contribution is 5.38. The number of unbranched alkanes of at least 4 members (excludes halogenated alkanes) is 1. The van der Waals surface area contributed by atoms with Crippen LogP contribution in [0, 0.1) is 0 Å². The van der Waals surface area contributed by atoms with Gasteiger partial charge in [-0.25, -0.2) is 0 Å². The van der Waals surface area contributed by atoms with E-state index in [1.807, 2.05) is 0 Å². The van der Waals surface area contributed by atoms with E-state index in [4.69, 9.17) is 33.2 Å². The molecule has 0 amide bonds. The van der Waals surface area contributed by atoms with Crippen molar-refractivity contribution in [1.29, 1.82) is 0 Å². The van der Waals surface area contributed by atoms with Crippen LogP contribution >= 0.6 is 0 Å². The zero-order valence-electron chi connectivity index (χ0n) is 20.3. The molecule has 1 aromatic rings. The Morgan fingerprint density at radius 3 is 1.29 bits per heavy atom. The molecule has 7 nitrogen and oxygen atoms in total. The molecule has 0 N–H and O–H groups in total. The number of hydrogen-bond donors (Lipinski definition) is 0. The fourth-order valence-corrected chi connectivity index (χ4v) is 3.13. The van der Waals surface area contributed by atoms with Gasteiger partial charge in [-0.2, -0.15) is 0 Å². The third kappa shape index (κ3) is 13.7. The Labute approximate surface area is 204 Å². The lowest BCUT2D eigenvalue weighted by Gasteiger charge is -2.18. The Morgan fingerprint density at radius 2 is 0.853 bits per heavy atom. The molecular weight excluding hydrogens is 436 g/mol. The lowest BCUT2D eigenvalue weighted by Crippen LogP contribution is -2.10. The minimum Gasteiger partial charge on any atom is -0.502 e. The molecule has 0 atom stereocenters. The first kappa shape index (κ1) is 29.3. The van der Waals surface area contributed by atoms with Crippen LogP contribution in [0.1, 0.15) is 35.1 Å². The molecule has 0 radical (unpaired) electrons. The van der Waals surface area contributed by atoms with Crippen molar-refractivity contribution in [2.24, 2.45) is 0 Å². The van der Waals surface area contributed by atoms with Crippen molar-refractivity contribution in [2.75, 3.05) is 46.2 Å². The first-order chi connectivity index (χ1) is 16.8. The van der Waals surface area contributed by atoms with Crippen LogP contribution in [0.2, 0.25) is 0 Å². The molecule has 0 unspecified atom stereocenters. The molecule has 190 valence electrons. The quantitative estimate of drug-likeness (QED) is 0.150. The van der Waals surface area contributed by atoms with Crippen molar-refractivity contribution < 1.29 is 33.2 Å². The maximum atomic E-state index is 5.85. The van der Waals surface area contributed by atoms with Gasteiger partial charge in [0.15, 0.2) is 0 Å². The van der Waals surface area contributed by atoms with E-state index in [1.165, 1.54) is 30.6 Å². The number of aryl methyl sites for hydroxylation is 1. The second kappa shape index (κ2) is 20.8. The predicted octanol–water partition coefficient (Wildman–Crippen LogP) is 5.20. The second-order valence-electron chi connectivity index (χ2n) is 7.15. The highest BCUT2D eigenvalue weighted by Gasteiger charge is 2.12. The van der Waals surface area contributed by atoms with Crippen molar-refractivity contribution in [3.8, 4) is 0 Å². The molecule has 0 bridgehead atoms. The molecule has 0 aliphatic rings. The van der Waals surface area contributed by atoms with Gasteiger partial charge in [0.25, 0.3) is 0 Å². The standard InChI is InChI=1S/C27H40O7/c1-5-28-12-10-9-11-24-19-26(22-33-17-14-30-7-3)27(23-34-18-15-31-8-4)20-25(24)21-32-16-13-29-6-2/h5-8,19-20H,1-4,9-18,21-23H2. The normalized spacial score (nSPS) is 10.4. The van der Waals surface area contributed by atoms with Crippen LogP contribution in [0.15, 0.2) is 63.5 Å². The summed E-state index contributed by atoms with van der Waals surface area (Å²) in [6.45, 7) is 19.1. The highest BCUT2D eigenvalue weighted by atomic mass is 16.5. The van der Waals surface area contributed by atoms with Gasteiger partial charge in [0.05, 0.1) is 71.3 Å². The summed E-state index contributed by atoms with van der Waals surface area (Å²) in [4.78, 5) is 0. The van der Waals surface area contributed by atoms with E-state index in [9.17, 15) is 0 Å². The highest BCUT2D eigenvalue weighted by Crippen LogP contribution is 2.22. The first-order valence-corrected chi connectivity index (χ1v) is 11.5. The Bertz CT molecular complexity index is 588. The average molecular weight is 477 g/mol. The van der Waals surface area contributed by atoms with Gasteiger partial charge in [0.1, 0.15) is 19.8 Å². The van der Waals surface area contributed by atoms with Gasteiger partial charge in [-0.3, -0.25) is 0 Å². The molecule has 7 heteroatoms. The van der Waals surface area contributed by atoms with Crippen molar-refractivity contribution in [1.82, 2.24) is 0 Å². The zero-order chi connectivity index (χ0) is 24.7. The van der Waals surface area contributed by atoms with Crippen molar-refractivity contribution in [3.05, 3.63) is 85.8 Å². The molecule has 0 saturated carbocycles. The van der Waals surface area contributed by atoms with E-state index < -0.39 is 0 Å². The molecule has 0 fully saturated rings. The van der Waals surface area contributed by atoms with Crippen LogP contribution in [0.4, 0.5) is 0 Å². The average Bonchev–Trinajstić information content (AvgIpc) is 2.84. The second-order valence-corrected chi connectivity index (χ2v) is 7.15. The molecule has 1 aromatic carbocycles. The van der Waals surface area contributed by atoms with Crippen molar-refractivity contribution in [3.63, 3.8) is 0 Å². The maximum Gasteiger partial charge on any atom is 0.111 e. The monoisotopic (exact) mass is 476 g/mol. The predicted molar refractivity (Wildman–Crippen MR) is 133 cm³/mol. The summed E-state index contributed by atoms with van der Waals surface area (Å²) in [7, 11) is 0. The van der Waals surface area contributed by atoms with Crippen LogP contribution in [0.5, 0.6) is 0 Å². The van der Waals surface area contributed by atoms with Crippen LogP contribution in [-0.2, 0) is 59.4 Å². The Morgan fingerprint density at radius 1 is 0.471 bits per heavy atom. The van der Waals surface area contributed by atoms with Gasteiger partial charge in [-0.1, -0.05) is 38.4 Å². The summed E-state index contributed by atoms with van der Waals surface area (Å²) in [5.41, 5.74) is 4.49. The van der Waals surface area contributed by atoms with Gasteiger partial charge >= 0.3 is 0 Å². The van der Waals surface area contributed by atoms with Crippen LogP contribution < -0.4 is 0 Å². The minimum absolute atomic E-state index is 0.447. The van der Waals surface area contributed by atoms with E-state index in [0.29, 0.717) is 66.1 Å². The summed E-state index contributed by atoms with van der Waals surface area (Å²) in [6, 6.07) is 4.35. The number of benzene rings is 1. The van der Waals surface area contributed by atoms with E-state index in [2.05, 4.69) is 38.4 Å². The zero-order valence-corrected chi connectivity index (χ0v) is 20.3. The molecule has 0 aliphatic heterocycles. The summed E-state index contributed by atoms with van der Waals surface area (Å²) < 4.78 is 38.2.